The van der Waals surface area contributed by atoms with E-state index < -0.39 is 11.3 Å². The summed E-state index contributed by atoms with van der Waals surface area (Å²) in [5.41, 5.74) is 6.96. The molecule has 0 spiro atoms. The van der Waals surface area contributed by atoms with E-state index >= 15 is 0 Å². The second-order valence-corrected chi connectivity index (χ2v) is 4.71. The maximum Gasteiger partial charge on any atom is 0.126 e. The number of rotatable bonds is 8. The van der Waals surface area contributed by atoms with Crippen LogP contribution in [0.1, 0.15) is 24.9 Å². The molecule has 1 aromatic rings. The number of anilines is 1. The first kappa shape index (κ1) is 15.9. The first-order chi connectivity index (χ1) is 9.06. The Morgan fingerprint density at radius 3 is 2.79 bits per heavy atom. The zero-order valence-electron chi connectivity index (χ0n) is 11.0. The van der Waals surface area contributed by atoms with E-state index in [0.717, 1.165) is 6.42 Å². The number of ether oxygens (including phenoxy) is 2. The lowest BCUT2D eigenvalue weighted by Crippen LogP contribution is -2.14. The van der Waals surface area contributed by atoms with E-state index in [1.807, 2.05) is 0 Å². The molecule has 7 heteroatoms. The Kier molecular flexibility index (Phi) is 6.79. The van der Waals surface area contributed by atoms with Crippen molar-refractivity contribution in [3.05, 3.63) is 23.8 Å². The highest BCUT2D eigenvalue weighted by molar-refractivity contribution is 7.80. The molecule has 2 atom stereocenters. The van der Waals surface area contributed by atoms with Gasteiger partial charge in [-0.2, -0.15) is 0 Å². The molecule has 0 heterocycles. The first-order valence-electron chi connectivity index (χ1n) is 5.92. The number of methoxy groups -OCH3 is 1. The third-order valence-corrected chi connectivity index (χ3v) is 2.85. The summed E-state index contributed by atoms with van der Waals surface area (Å²) in [5.74, 6) is 0.585. The van der Waals surface area contributed by atoms with Gasteiger partial charge in [0.25, 0.3) is 0 Å². The summed E-state index contributed by atoms with van der Waals surface area (Å²) in [6.07, 6.45) is 0.750. The maximum atomic E-state index is 10.7. The van der Waals surface area contributed by atoms with E-state index in [4.69, 9.17) is 15.2 Å². The van der Waals surface area contributed by atoms with Crippen LogP contribution in [0, 0.1) is 0 Å². The van der Waals surface area contributed by atoms with Crippen molar-refractivity contribution in [2.45, 2.75) is 19.4 Å². The Morgan fingerprint density at radius 1 is 1.47 bits per heavy atom. The van der Waals surface area contributed by atoms with Crippen LogP contribution >= 0.6 is 0 Å². The molecule has 0 saturated heterocycles. The average molecular weight is 287 g/mol. The van der Waals surface area contributed by atoms with Crippen LogP contribution in [0.5, 0.6) is 5.75 Å². The molecule has 0 aromatic heterocycles. The zero-order valence-corrected chi connectivity index (χ0v) is 11.9. The number of benzene rings is 1. The van der Waals surface area contributed by atoms with Crippen LogP contribution in [0.15, 0.2) is 18.2 Å². The van der Waals surface area contributed by atoms with Crippen molar-refractivity contribution in [2.75, 3.05) is 25.0 Å². The minimum atomic E-state index is -2.39. The standard InChI is InChI=1S/C12H20N2O4S/c1-9(13)12-10(14-19(15)16)5-3-6-11(12)18-8-4-7-17-2/h3,5-6,9,14H,4,7-8,13H2,1-2H3,(H,15,16)/p-1. The highest BCUT2D eigenvalue weighted by atomic mass is 32.2. The largest absolute Gasteiger partial charge is 0.755 e. The minimum Gasteiger partial charge on any atom is -0.755 e. The molecule has 108 valence electrons. The summed E-state index contributed by atoms with van der Waals surface area (Å²) in [7, 11) is 1.63. The van der Waals surface area contributed by atoms with E-state index in [1.165, 1.54) is 0 Å². The van der Waals surface area contributed by atoms with Gasteiger partial charge in [-0.3, -0.25) is 4.21 Å². The molecule has 0 amide bonds. The normalized spacial score (nSPS) is 13.9. The highest BCUT2D eigenvalue weighted by Gasteiger charge is 2.13. The van der Waals surface area contributed by atoms with Gasteiger partial charge in [0.15, 0.2) is 0 Å². The van der Waals surface area contributed by atoms with Gasteiger partial charge < -0.3 is 24.5 Å². The van der Waals surface area contributed by atoms with E-state index in [1.54, 1.807) is 32.2 Å². The topological polar surface area (TPSA) is 96.6 Å². The summed E-state index contributed by atoms with van der Waals surface area (Å²) in [5, 5.41) is 0. The number of hydrogen-bond acceptors (Lipinski definition) is 5. The molecule has 2 unspecified atom stereocenters. The fraction of sp³-hybridized carbons (Fsp3) is 0.500. The molecule has 6 nitrogen and oxygen atoms in total. The number of nitrogens with one attached hydrogen (secondary N) is 1. The monoisotopic (exact) mass is 287 g/mol. The van der Waals surface area contributed by atoms with Crippen LogP contribution in [-0.2, 0) is 16.0 Å². The second kappa shape index (κ2) is 8.11. The zero-order chi connectivity index (χ0) is 14.3. The van der Waals surface area contributed by atoms with Crippen LogP contribution in [-0.4, -0.2) is 29.1 Å². The van der Waals surface area contributed by atoms with Gasteiger partial charge in [-0.25, -0.2) is 0 Å². The Labute approximate surface area is 115 Å². The van der Waals surface area contributed by atoms with E-state index in [9.17, 15) is 8.76 Å². The van der Waals surface area contributed by atoms with E-state index in [-0.39, 0.29) is 6.04 Å². The summed E-state index contributed by atoms with van der Waals surface area (Å²) in [6.45, 7) is 2.86. The predicted molar refractivity (Wildman–Crippen MR) is 73.6 cm³/mol. The summed E-state index contributed by atoms with van der Waals surface area (Å²) in [6, 6.07) is 4.79. The second-order valence-electron chi connectivity index (χ2n) is 4.04. The smallest absolute Gasteiger partial charge is 0.126 e. The molecule has 3 N–H and O–H groups in total. The lowest BCUT2D eigenvalue weighted by Gasteiger charge is -2.19. The van der Waals surface area contributed by atoms with Crippen LogP contribution in [0.2, 0.25) is 0 Å². The van der Waals surface area contributed by atoms with Crippen LogP contribution in [0.25, 0.3) is 0 Å². The third kappa shape index (κ3) is 5.15. The van der Waals surface area contributed by atoms with Crippen LogP contribution < -0.4 is 15.2 Å². The molecule has 19 heavy (non-hydrogen) atoms. The molecule has 0 fully saturated rings. The molecule has 0 saturated carbocycles. The Balaban J connectivity index is 2.86. The lowest BCUT2D eigenvalue weighted by molar-refractivity contribution is 0.171. The highest BCUT2D eigenvalue weighted by Crippen LogP contribution is 2.31. The van der Waals surface area contributed by atoms with E-state index in [0.29, 0.717) is 30.2 Å². The molecule has 0 aliphatic heterocycles. The lowest BCUT2D eigenvalue weighted by atomic mass is 10.1. The molecule has 1 rings (SSSR count). The predicted octanol–water partition coefficient (Wildman–Crippen LogP) is 1.33. The molecule has 0 aliphatic rings. The van der Waals surface area contributed by atoms with Crippen molar-refractivity contribution < 1.29 is 18.2 Å². The van der Waals surface area contributed by atoms with Crippen molar-refractivity contribution in [1.82, 2.24) is 0 Å². The van der Waals surface area contributed by atoms with Crippen molar-refractivity contribution >= 4 is 17.0 Å². The Hall–Kier alpha value is -1.15. The van der Waals surface area contributed by atoms with Crippen LogP contribution in [0.3, 0.4) is 0 Å². The quantitative estimate of drug-likeness (QED) is 0.555. The van der Waals surface area contributed by atoms with Crippen molar-refractivity contribution in [3.63, 3.8) is 0 Å². The van der Waals surface area contributed by atoms with Gasteiger partial charge in [0.2, 0.25) is 0 Å². The third-order valence-electron chi connectivity index (χ3n) is 2.47. The van der Waals surface area contributed by atoms with Gasteiger partial charge in [-0.15, -0.1) is 0 Å². The molecule has 0 radical (unpaired) electrons. The number of nitrogens with two attached hydrogens (primary N) is 1. The van der Waals surface area contributed by atoms with Crippen molar-refractivity contribution in [2.24, 2.45) is 5.73 Å². The average Bonchev–Trinajstić information content (AvgIpc) is 2.33. The summed E-state index contributed by atoms with van der Waals surface area (Å²) >= 11 is -2.39. The summed E-state index contributed by atoms with van der Waals surface area (Å²) < 4.78 is 34.4. The van der Waals surface area contributed by atoms with Crippen LogP contribution in [0.4, 0.5) is 5.69 Å². The van der Waals surface area contributed by atoms with Gasteiger partial charge >= 0.3 is 0 Å². The molecule has 0 aliphatic carbocycles. The van der Waals surface area contributed by atoms with E-state index in [2.05, 4.69) is 4.72 Å². The fourth-order valence-electron chi connectivity index (χ4n) is 1.70. The first-order valence-corrected chi connectivity index (χ1v) is 7.00. The molecular formula is C12H19N2O4S-. The molecule has 1 aromatic carbocycles. The molecule has 0 bridgehead atoms. The van der Waals surface area contributed by atoms with Gasteiger partial charge in [0.1, 0.15) is 5.75 Å². The van der Waals surface area contributed by atoms with Crippen molar-refractivity contribution in [3.8, 4) is 5.75 Å². The summed E-state index contributed by atoms with van der Waals surface area (Å²) in [4.78, 5) is 0. The van der Waals surface area contributed by atoms with Crippen molar-refractivity contribution in [1.29, 1.82) is 0 Å². The molecular weight excluding hydrogens is 268 g/mol. The Morgan fingerprint density at radius 2 is 2.21 bits per heavy atom. The van der Waals surface area contributed by atoms with Gasteiger partial charge in [-0.1, -0.05) is 6.07 Å². The van der Waals surface area contributed by atoms with Gasteiger partial charge in [-0.05, 0) is 19.1 Å². The maximum absolute atomic E-state index is 10.7. The SMILES string of the molecule is COCCCOc1cccc(NS(=O)[O-])c1C(C)N. The Bertz CT molecular complexity index is 426. The minimum absolute atomic E-state index is 0.343. The number of hydrogen-bond donors (Lipinski definition) is 2. The van der Waals surface area contributed by atoms with Gasteiger partial charge in [0.05, 0.1) is 12.3 Å². The van der Waals surface area contributed by atoms with Gasteiger partial charge in [0, 0.05) is 43.0 Å². The fourth-order valence-corrected chi connectivity index (χ4v) is 2.06.